The summed E-state index contributed by atoms with van der Waals surface area (Å²) in [6, 6.07) is 12.2. The molecule has 0 aromatic heterocycles. The van der Waals surface area contributed by atoms with E-state index in [4.69, 9.17) is 23.2 Å². The minimum atomic E-state index is -0.142. The molecule has 2 rings (SSSR count). The average molecular weight is 336 g/mol. The molecular formula is C17H15Cl2NO2. The van der Waals surface area contributed by atoms with Gasteiger partial charge in [0.15, 0.2) is 5.78 Å². The molecule has 0 spiro atoms. The summed E-state index contributed by atoms with van der Waals surface area (Å²) in [4.78, 5) is 23.3. The van der Waals surface area contributed by atoms with E-state index in [1.54, 1.807) is 36.4 Å². The maximum atomic E-state index is 12.0. The van der Waals surface area contributed by atoms with Crippen LogP contribution in [-0.4, -0.2) is 11.7 Å². The van der Waals surface area contributed by atoms with E-state index in [-0.39, 0.29) is 18.1 Å². The van der Waals surface area contributed by atoms with E-state index in [9.17, 15) is 9.59 Å². The second kappa shape index (κ2) is 7.43. The molecule has 0 fully saturated rings. The van der Waals surface area contributed by atoms with Crippen molar-refractivity contribution in [2.24, 2.45) is 0 Å². The van der Waals surface area contributed by atoms with Crippen LogP contribution in [0.15, 0.2) is 42.5 Å². The lowest BCUT2D eigenvalue weighted by Crippen LogP contribution is -2.12. The van der Waals surface area contributed by atoms with Gasteiger partial charge in [-0.05, 0) is 37.1 Å². The summed E-state index contributed by atoms with van der Waals surface area (Å²) in [5, 5.41) is 3.74. The van der Waals surface area contributed by atoms with Gasteiger partial charge in [-0.1, -0.05) is 47.5 Å². The Balaban J connectivity index is 1.97. The molecule has 0 aliphatic rings. The number of anilines is 1. The van der Waals surface area contributed by atoms with Crippen molar-refractivity contribution in [1.29, 1.82) is 0 Å². The lowest BCUT2D eigenvalue weighted by atomic mass is 10.1. The van der Waals surface area contributed by atoms with Crippen LogP contribution in [0.3, 0.4) is 0 Å². The molecule has 0 bridgehead atoms. The first-order valence-electron chi connectivity index (χ1n) is 6.81. The summed E-state index contributed by atoms with van der Waals surface area (Å²) in [6.45, 7) is 1.49. The quantitative estimate of drug-likeness (QED) is 0.800. The van der Waals surface area contributed by atoms with Crippen LogP contribution in [0.25, 0.3) is 0 Å². The van der Waals surface area contributed by atoms with Crippen LogP contribution < -0.4 is 5.32 Å². The summed E-state index contributed by atoms with van der Waals surface area (Å²) in [5.74, 6) is -0.182. The Morgan fingerprint density at radius 2 is 1.82 bits per heavy atom. The predicted octanol–water partition coefficient (Wildman–Crippen LogP) is 4.77. The fourth-order valence-electron chi connectivity index (χ4n) is 2.03. The van der Waals surface area contributed by atoms with Gasteiger partial charge < -0.3 is 5.32 Å². The summed E-state index contributed by atoms with van der Waals surface area (Å²) in [7, 11) is 0. The van der Waals surface area contributed by atoms with Crippen LogP contribution in [0.1, 0.15) is 29.3 Å². The van der Waals surface area contributed by atoms with E-state index in [1.165, 1.54) is 6.92 Å². The summed E-state index contributed by atoms with van der Waals surface area (Å²) < 4.78 is 0. The Labute approximate surface area is 139 Å². The molecule has 2 aromatic carbocycles. The van der Waals surface area contributed by atoms with Gasteiger partial charge in [0.2, 0.25) is 5.91 Å². The molecule has 1 N–H and O–H groups in total. The summed E-state index contributed by atoms with van der Waals surface area (Å²) >= 11 is 12.0. The zero-order valence-electron chi connectivity index (χ0n) is 12.0. The molecule has 5 heteroatoms. The number of rotatable bonds is 5. The maximum absolute atomic E-state index is 12.0. The number of benzene rings is 2. The number of nitrogens with one attached hydrogen (secondary N) is 1. The fraction of sp³-hybridized carbons (Fsp3) is 0.176. The van der Waals surface area contributed by atoms with Crippen LogP contribution in [0.2, 0.25) is 10.0 Å². The summed E-state index contributed by atoms with van der Waals surface area (Å²) in [5.41, 5.74) is 2.01. The Bertz CT molecular complexity index is 714. The molecule has 2 aromatic rings. The van der Waals surface area contributed by atoms with Gasteiger partial charge in [-0.3, -0.25) is 9.59 Å². The molecular weight excluding hydrogens is 321 g/mol. The summed E-state index contributed by atoms with van der Waals surface area (Å²) in [6.07, 6.45) is 0.780. The number of halogens is 2. The van der Waals surface area contributed by atoms with Crippen molar-refractivity contribution in [3.05, 3.63) is 63.6 Å². The van der Waals surface area contributed by atoms with Crippen molar-refractivity contribution in [3.8, 4) is 0 Å². The maximum Gasteiger partial charge on any atom is 0.224 e. The Kier molecular flexibility index (Phi) is 5.58. The average Bonchev–Trinajstić information content (AvgIpc) is 2.49. The van der Waals surface area contributed by atoms with Gasteiger partial charge in [-0.15, -0.1) is 0 Å². The molecule has 0 aliphatic heterocycles. The van der Waals surface area contributed by atoms with E-state index in [2.05, 4.69) is 5.32 Å². The highest BCUT2D eigenvalue weighted by Crippen LogP contribution is 2.26. The van der Waals surface area contributed by atoms with Gasteiger partial charge in [0.25, 0.3) is 0 Å². The van der Waals surface area contributed by atoms with Crippen LogP contribution in [-0.2, 0) is 11.2 Å². The lowest BCUT2D eigenvalue weighted by Gasteiger charge is -2.08. The SMILES string of the molecule is CC(=O)c1cccc(NC(=O)CCc2cccc(Cl)c2Cl)c1. The van der Waals surface area contributed by atoms with Gasteiger partial charge in [0.05, 0.1) is 10.0 Å². The molecule has 22 heavy (non-hydrogen) atoms. The predicted molar refractivity (Wildman–Crippen MR) is 89.9 cm³/mol. The third-order valence-corrected chi connectivity index (χ3v) is 4.06. The minimum absolute atomic E-state index is 0.0400. The monoisotopic (exact) mass is 335 g/mol. The van der Waals surface area contributed by atoms with Gasteiger partial charge in [0, 0.05) is 17.7 Å². The molecule has 0 atom stereocenters. The number of carbonyl (C=O) groups excluding carboxylic acids is 2. The van der Waals surface area contributed by atoms with Gasteiger partial charge in [-0.25, -0.2) is 0 Å². The van der Waals surface area contributed by atoms with Gasteiger partial charge in [-0.2, -0.15) is 0 Å². The van der Waals surface area contributed by atoms with E-state index in [0.717, 1.165) is 5.56 Å². The fourth-order valence-corrected chi connectivity index (χ4v) is 2.44. The van der Waals surface area contributed by atoms with E-state index in [0.29, 0.717) is 27.7 Å². The number of amides is 1. The number of Topliss-reactive ketones (excluding diaryl/α,β-unsaturated/α-hetero) is 1. The first-order chi connectivity index (χ1) is 10.5. The zero-order valence-corrected chi connectivity index (χ0v) is 13.5. The zero-order chi connectivity index (χ0) is 16.1. The molecule has 0 heterocycles. The highest BCUT2D eigenvalue weighted by Gasteiger charge is 2.08. The molecule has 0 saturated carbocycles. The van der Waals surface area contributed by atoms with Crippen LogP contribution >= 0.6 is 23.2 Å². The second-order valence-electron chi connectivity index (χ2n) is 4.90. The van der Waals surface area contributed by atoms with Crippen molar-refractivity contribution in [2.75, 3.05) is 5.32 Å². The van der Waals surface area contributed by atoms with Crippen molar-refractivity contribution in [2.45, 2.75) is 19.8 Å². The van der Waals surface area contributed by atoms with E-state index >= 15 is 0 Å². The Morgan fingerprint density at radius 1 is 1.09 bits per heavy atom. The normalized spacial score (nSPS) is 10.3. The van der Waals surface area contributed by atoms with E-state index in [1.807, 2.05) is 6.07 Å². The number of hydrogen-bond acceptors (Lipinski definition) is 2. The Morgan fingerprint density at radius 3 is 2.55 bits per heavy atom. The highest BCUT2D eigenvalue weighted by atomic mass is 35.5. The largest absolute Gasteiger partial charge is 0.326 e. The van der Waals surface area contributed by atoms with Crippen molar-refractivity contribution in [1.82, 2.24) is 0 Å². The third-order valence-electron chi connectivity index (χ3n) is 3.21. The molecule has 0 radical (unpaired) electrons. The lowest BCUT2D eigenvalue weighted by molar-refractivity contribution is -0.116. The second-order valence-corrected chi connectivity index (χ2v) is 5.68. The minimum Gasteiger partial charge on any atom is -0.326 e. The van der Waals surface area contributed by atoms with E-state index < -0.39 is 0 Å². The Hall–Kier alpha value is -1.84. The standard InChI is InChI=1S/C17H15Cl2NO2/c1-11(21)13-5-2-6-14(10-13)20-16(22)9-8-12-4-3-7-15(18)17(12)19/h2-7,10H,8-9H2,1H3,(H,20,22). The smallest absolute Gasteiger partial charge is 0.224 e. The molecule has 3 nitrogen and oxygen atoms in total. The highest BCUT2D eigenvalue weighted by molar-refractivity contribution is 6.42. The van der Waals surface area contributed by atoms with Crippen molar-refractivity contribution >= 4 is 40.6 Å². The number of ketones is 1. The number of carbonyl (C=O) groups is 2. The molecule has 114 valence electrons. The first kappa shape index (κ1) is 16.5. The van der Waals surface area contributed by atoms with Crippen molar-refractivity contribution < 1.29 is 9.59 Å². The number of hydrogen-bond donors (Lipinski definition) is 1. The molecule has 0 aliphatic carbocycles. The molecule has 0 unspecified atom stereocenters. The third kappa shape index (κ3) is 4.33. The van der Waals surface area contributed by atoms with Gasteiger partial charge >= 0.3 is 0 Å². The molecule has 0 saturated heterocycles. The number of aryl methyl sites for hydroxylation is 1. The van der Waals surface area contributed by atoms with Gasteiger partial charge in [0.1, 0.15) is 0 Å². The van der Waals surface area contributed by atoms with Crippen LogP contribution in [0, 0.1) is 0 Å². The van der Waals surface area contributed by atoms with Crippen LogP contribution in [0.5, 0.6) is 0 Å². The van der Waals surface area contributed by atoms with Crippen LogP contribution in [0.4, 0.5) is 5.69 Å². The molecule has 1 amide bonds. The van der Waals surface area contributed by atoms with Crippen molar-refractivity contribution in [3.63, 3.8) is 0 Å². The first-order valence-corrected chi connectivity index (χ1v) is 7.56. The topological polar surface area (TPSA) is 46.2 Å².